The topological polar surface area (TPSA) is 49.8 Å². The molecule has 2 saturated heterocycles. The highest BCUT2D eigenvalue weighted by molar-refractivity contribution is 5.66. The third kappa shape index (κ3) is 2.92. The van der Waals surface area contributed by atoms with Crippen LogP contribution in [0.25, 0.3) is 0 Å². The van der Waals surface area contributed by atoms with Gasteiger partial charge in [-0.05, 0) is 25.8 Å². The molecule has 2 heterocycles. The molecule has 0 spiro atoms. The first-order valence-electron chi connectivity index (χ1n) is 5.79. The van der Waals surface area contributed by atoms with Gasteiger partial charge in [0, 0.05) is 24.9 Å². The highest BCUT2D eigenvalue weighted by atomic mass is 16.5. The van der Waals surface area contributed by atoms with Gasteiger partial charge in [-0.15, -0.1) is 0 Å². The molecule has 86 valence electrons. The van der Waals surface area contributed by atoms with Crippen LogP contribution in [0.1, 0.15) is 25.7 Å². The average Bonchev–Trinajstić information content (AvgIpc) is 2.07. The van der Waals surface area contributed by atoms with E-state index in [2.05, 4.69) is 4.90 Å². The summed E-state index contributed by atoms with van der Waals surface area (Å²) in [6, 6.07) is 0.643. The molecule has 15 heavy (non-hydrogen) atoms. The zero-order valence-corrected chi connectivity index (χ0v) is 9.02. The Morgan fingerprint density at radius 1 is 1.47 bits per heavy atom. The minimum absolute atomic E-state index is 0.316. The second-order valence-corrected chi connectivity index (χ2v) is 4.63. The third-order valence-corrected chi connectivity index (χ3v) is 3.39. The summed E-state index contributed by atoms with van der Waals surface area (Å²) in [5.41, 5.74) is 0. The van der Waals surface area contributed by atoms with Crippen LogP contribution >= 0.6 is 0 Å². The van der Waals surface area contributed by atoms with Crippen LogP contribution in [-0.2, 0) is 9.53 Å². The SMILES string of the molecule is O=C(O)CCCC1CCN1CC1COC1. The number of nitrogens with zero attached hydrogens (tertiary/aromatic N) is 1. The predicted octanol–water partition coefficient (Wildman–Crippen LogP) is 0.962. The molecule has 2 aliphatic rings. The van der Waals surface area contributed by atoms with E-state index in [1.54, 1.807) is 0 Å². The van der Waals surface area contributed by atoms with Crippen molar-refractivity contribution in [1.82, 2.24) is 4.90 Å². The lowest BCUT2D eigenvalue weighted by atomic mass is 9.94. The van der Waals surface area contributed by atoms with Crippen molar-refractivity contribution in [2.45, 2.75) is 31.7 Å². The normalized spacial score (nSPS) is 27.1. The van der Waals surface area contributed by atoms with Crippen molar-refractivity contribution in [3.63, 3.8) is 0 Å². The Labute approximate surface area is 90.2 Å². The minimum atomic E-state index is -0.673. The number of rotatable bonds is 6. The van der Waals surface area contributed by atoms with Crippen molar-refractivity contribution in [3.8, 4) is 0 Å². The molecule has 0 saturated carbocycles. The van der Waals surface area contributed by atoms with E-state index in [-0.39, 0.29) is 0 Å². The van der Waals surface area contributed by atoms with Crippen LogP contribution in [0.5, 0.6) is 0 Å². The van der Waals surface area contributed by atoms with Crippen LogP contribution in [0.3, 0.4) is 0 Å². The number of aliphatic carboxylic acids is 1. The molecule has 1 atom stereocenters. The number of ether oxygens (including phenoxy) is 1. The first-order chi connectivity index (χ1) is 7.25. The van der Waals surface area contributed by atoms with E-state index in [4.69, 9.17) is 9.84 Å². The lowest BCUT2D eigenvalue weighted by Crippen LogP contribution is -2.52. The van der Waals surface area contributed by atoms with Crippen molar-refractivity contribution in [2.24, 2.45) is 5.92 Å². The number of likely N-dealkylation sites (tertiary alicyclic amines) is 1. The van der Waals surface area contributed by atoms with Crippen molar-refractivity contribution in [1.29, 1.82) is 0 Å². The lowest BCUT2D eigenvalue weighted by molar-refractivity contribution is -0.137. The van der Waals surface area contributed by atoms with E-state index in [9.17, 15) is 4.79 Å². The van der Waals surface area contributed by atoms with Crippen LogP contribution in [0, 0.1) is 5.92 Å². The Bertz CT molecular complexity index is 228. The van der Waals surface area contributed by atoms with Gasteiger partial charge in [-0.2, -0.15) is 0 Å². The maximum absolute atomic E-state index is 10.4. The first-order valence-corrected chi connectivity index (χ1v) is 5.79. The summed E-state index contributed by atoms with van der Waals surface area (Å²) in [5, 5.41) is 8.55. The maximum Gasteiger partial charge on any atom is 0.303 e. The Balaban J connectivity index is 1.58. The van der Waals surface area contributed by atoms with E-state index < -0.39 is 5.97 Å². The minimum Gasteiger partial charge on any atom is -0.481 e. The highest BCUT2D eigenvalue weighted by Gasteiger charge is 2.31. The summed E-state index contributed by atoms with van der Waals surface area (Å²) in [7, 11) is 0. The molecule has 0 aliphatic carbocycles. The first kappa shape index (κ1) is 10.9. The molecule has 2 aliphatic heterocycles. The Kier molecular flexibility index (Phi) is 3.59. The fourth-order valence-electron chi connectivity index (χ4n) is 2.27. The fourth-order valence-corrected chi connectivity index (χ4v) is 2.27. The van der Waals surface area contributed by atoms with Crippen LogP contribution in [-0.4, -0.2) is 48.3 Å². The van der Waals surface area contributed by atoms with Crippen molar-refractivity contribution < 1.29 is 14.6 Å². The molecule has 4 nitrogen and oxygen atoms in total. The van der Waals surface area contributed by atoms with Gasteiger partial charge in [0.2, 0.25) is 0 Å². The van der Waals surface area contributed by atoms with Gasteiger partial charge in [-0.25, -0.2) is 0 Å². The second-order valence-electron chi connectivity index (χ2n) is 4.63. The molecule has 2 fully saturated rings. The standard InChI is InChI=1S/C11H19NO3/c13-11(14)3-1-2-10-4-5-12(10)6-9-7-15-8-9/h9-10H,1-8H2,(H,13,14). The third-order valence-electron chi connectivity index (χ3n) is 3.39. The van der Waals surface area contributed by atoms with Gasteiger partial charge in [-0.1, -0.05) is 0 Å². The van der Waals surface area contributed by atoms with E-state index in [1.165, 1.54) is 13.0 Å². The van der Waals surface area contributed by atoms with Crippen LogP contribution < -0.4 is 0 Å². The summed E-state index contributed by atoms with van der Waals surface area (Å²) >= 11 is 0. The summed E-state index contributed by atoms with van der Waals surface area (Å²) < 4.78 is 5.15. The van der Waals surface area contributed by atoms with E-state index >= 15 is 0 Å². The van der Waals surface area contributed by atoms with Gasteiger partial charge in [0.05, 0.1) is 13.2 Å². The number of carboxylic acids is 1. The van der Waals surface area contributed by atoms with Crippen molar-refractivity contribution >= 4 is 5.97 Å². The fraction of sp³-hybridized carbons (Fsp3) is 0.909. The smallest absolute Gasteiger partial charge is 0.303 e. The molecule has 0 aromatic heterocycles. The molecule has 0 amide bonds. The molecule has 1 unspecified atom stereocenters. The van der Waals surface area contributed by atoms with Crippen LogP contribution in [0.2, 0.25) is 0 Å². The number of hydrogen-bond donors (Lipinski definition) is 1. The summed E-state index contributed by atoms with van der Waals surface area (Å²) in [5.74, 6) is 0.0561. The lowest BCUT2D eigenvalue weighted by Gasteiger charge is -2.44. The molecular formula is C11H19NO3. The summed E-state index contributed by atoms with van der Waals surface area (Å²) in [4.78, 5) is 12.9. The molecule has 1 N–H and O–H groups in total. The quantitative estimate of drug-likeness (QED) is 0.714. The highest BCUT2D eigenvalue weighted by Crippen LogP contribution is 2.25. The Hall–Kier alpha value is -0.610. The summed E-state index contributed by atoms with van der Waals surface area (Å²) in [6.07, 6.45) is 3.42. The molecule has 0 aromatic carbocycles. The van der Waals surface area contributed by atoms with Gasteiger partial charge >= 0.3 is 5.97 Å². The van der Waals surface area contributed by atoms with Crippen molar-refractivity contribution in [3.05, 3.63) is 0 Å². The zero-order chi connectivity index (χ0) is 10.7. The Morgan fingerprint density at radius 3 is 2.73 bits per heavy atom. The van der Waals surface area contributed by atoms with Crippen LogP contribution in [0.15, 0.2) is 0 Å². The number of carboxylic acid groups (broad SMARTS) is 1. The Morgan fingerprint density at radius 2 is 2.27 bits per heavy atom. The monoisotopic (exact) mass is 213 g/mol. The average molecular weight is 213 g/mol. The van der Waals surface area contributed by atoms with Crippen molar-refractivity contribution in [2.75, 3.05) is 26.3 Å². The summed E-state index contributed by atoms with van der Waals surface area (Å²) in [6.45, 7) is 4.17. The molecule has 0 radical (unpaired) electrons. The van der Waals surface area contributed by atoms with Gasteiger partial charge < -0.3 is 9.84 Å². The number of hydrogen-bond acceptors (Lipinski definition) is 3. The molecule has 2 rings (SSSR count). The van der Waals surface area contributed by atoms with Gasteiger partial charge in [0.1, 0.15) is 0 Å². The van der Waals surface area contributed by atoms with Crippen LogP contribution in [0.4, 0.5) is 0 Å². The van der Waals surface area contributed by atoms with Gasteiger partial charge in [0.25, 0.3) is 0 Å². The molecule has 4 heteroatoms. The second kappa shape index (κ2) is 4.94. The molecule has 0 aromatic rings. The largest absolute Gasteiger partial charge is 0.481 e. The molecule has 0 bridgehead atoms. The van der Waals surface area contributed by atoms with E-state index in [0.29, 0.717) is 12.5 Å². The van der Waals surface area contributed by atoms with E-state index in [1.807, 2.05) is 0 Å². The zero-order valence-electron chi connectivity index (χ0n) is 9.02. The predicted molar refractivity (Wildman–Crippen MR) is 55.8 cm³/mol. The molecular weight excluding hydrogens is 194 g/mol. The van der Waals surface area contributed by atoms with Gasteiger partial charge in [-0.3, -0.25) is 9.69 Å². The maximum atomic E-state index is 10.4. The van der Waals surface area contributed by atoms with Gasteiger partial charge in [0.15, 0.2) is 0 Å². The van der Waals surface area contributed by atoms with E-state index in [0.717, 1.165) is 38.5 Å². The number of carbonyl (C=O) groups is 1.